The molecule has 1 aliphatic heterocycles. The highest BCUT2D eigenvalue weighted by Crippen LogP contribution is 2.31. The molecule has 14 N–H and O–H groups in total. The quantitative estimate of drug-likeness (QED) is 0.0172. The minimum atomic E-state index is -3.02. The van der Waals surface area contributed by atoms with Crippen molar-refractivity contribution >= 4 is 49.4 Å². The number of ketones is 2. The van der Waals surface area contributed by atoms with Gasteiger partial charge in [-0.2, -0.15) is 0 Å². The first-order valence-electron chi connectivity index (χ1n) is 31.4. The van der Waals surface area contributed by atoms with Crippen LogP contribution >= 0.6 is 8.25 Å². The number of nitrogens with one attached hydrogen (secondary N) is 3. The molecule has 3 unspecified atom stereocenters. The van der Waals surface area contributed by atoms with Gasteiger partial charge in [-0.1, -0.05) is 168 Å². The number of aliphatic hydroxyl groups excluding tert-OH is 5. The number of primary amides is 1. The molecule has 1 fully saturated rings. The Morgan fingerprint density at radius 1 is 0.741 bits per heavy atom. The average molecular weight is 1240 g/mol. The standard InChI is InChI=1S/C59H109N6O19P/c1-7-9-11-13-15-17-19-21-23-25-27-29-31-33-47(69)59(48(70)40-67,53(73)44(62-36-37-81-85(79)80)32-30-28-26-24-22-20-18-16-14-12-10-8-2)84-58(6,61)57(78)64-45(54(60)74)34-35-49(71)65(42(4)55(75)76)38-41(3)82-52-50(63-43(5)68)56(77)83-46(39-66)51(52)72/h41-42,44-46,48,50-52,56,62,66-67,70,72,77H,7-40,61H2,1-6H3,(H5-,60,63,64,68,74,75,76,78,79,80)/p+1/t41?,42-,44?,45+,46+,48-,50+,51+,52+,56-,58+,59-/m0/s1. The van der Waals surface area contributed by atoms with Gasteiger partial charge in [0.05, 0.1) is 25.4 Å². The third-order valence-electron chi connectivity index (χ3n) is 15.6. The van der Waals surface area contributed by atoms with Gasteiger partial charge in [0.15, 0.2) is 23.6 Å². The van der Waals surface area contributed by atoms with E-state index >= 15 is 4.79 Å². The summed E-state index contributed by atoms with van der Waals surface area (Å²) in [5, 5.41) is 71.4. The zero-order valence-electron chi connectivity index (χ0n) is 51.9. The molecular formula is C59H110N6O19P+. The van der Waals surface area contributed by atoms with Crippen molar-refractivity contribution in [2.45, 2.75) is 300 Å². The Kier molecular flexibility index (Phi) is 41.7. The van der Waals surface area contributed by atoms with Crippen molar-refractivity contribution in [1.82, 2.24) is 20.9 Å². The zero-order valence-corrected chi connectivity index (χ0v) is 52.8. The summed E-state index contributed by atoms with van der Waals surface area (Å²) in [6, 6.07) is -5.95. The van der Waals surface area contributed by atoms with Crippen LogP contribution in [0.15, 0.2) is 0 Å². The molecule has 0 aromatic carbocycles. The number of nitrogens with two attached hydrogens (primary N) is 2. The molecule has 0 aliphatic carbocycles. The Hall–Kier alpha value is -3.69. The van der Waals surface area contributed by atoms with Crippen LogP contribution in [0.3, 0.4) is 0 Å². The highest BCUT2D eigenvalue weighted by Gasteiger charge is 2.58. The second-order valence-electron chi connectivity index (χ2n) is 23.1. The maximum Gasteiger partial charge on any atom is 0.694 e. The molecule has 1 rings (SSSR count). The predicted octanol–water partition coefficient (Wildman–Crippen LogP) is 4.51. The second-order valence-corrected chi connectivity index (χ2v) is 23.8. The van der Waals surface area contributed by atoms with Crippen molar-refractivity contribution in [2.24, 2.45) is 11.5 Å². The normalized spacial score (nSPS) is 20.4. The highest BCUT2D eigenvalue weighted by atomic mass is 31.1. The molecule has 0 aromatic heterocycles. The molecule has 0 saturated carbocycles. The first-order valence-corrected chi connectivity index (χ1v) is 32.5. The molecule has 1 saturated heterocycles. The van der Waals surface area contributed by atoms with Crippen molar-refractivity contribution in [3.05, 3.63) is 0 Å². The number of Topliss-reactive ketones (excluding diaryl/α,β-unsaturated/α-hetero) is 2. The largest absolute Gasteiger partial charge is 0.694 e. The van der Waals surface area contributed by atoms with E-state index in [1.807, 2.05) is 0 Å². The van der Waals surface area contributed by atoms with Crippen molar-refractivity contribution in [3.8, 4) is 0 Å². The SMILES string of the molecule is CCCCCCCCCCCCCCCC(=O)[C@@](O[C@@](C)(N)C(=O)N[C@H](CCC(=O)N(CC(C)O[C@H]1[C@H](O)[C@@H](CO)O[C@H](O)[C@@H]1NC(C)=O)[C@@H](C)C(=O)O)C(N)=O)(C(=O)C(CCCCCCCCCCCCCC)NCCO[P+](=O)O)[C@@H](O)CO. The number of hydrogen-bond donors (Lipinski definition) is 12. The van der Waals surface area contributed by atoms with Crippen molar-refractivity contribution in [3.63, 3.8) is 0 Å². The second kappa shape index (κ2) is 44.7. The van der Waals surface area contributed by atoms with E-state index in [-0.39, 0.29) is 32.4 Å². The van der Waals surface area contributed by atoms with Crippen LogP contribution in [0.25, 0.3) is 0 Å². The number of rotatable bonds is 53. The monoisotopic (exact) mass is 1240 g/mol. The molecule has 4 amide bonds. The van der Waals surface area contributed by atoms with Crippen LogP contribution in [0.2, 0.25) is 0 Å². The highest BCUT2D eigenvalue weighted by molar-refractivity contribution is 7.32. The summed E-state index contributed by atoms with van der Waals surface area (Å²) in [7, 11) is -3.01. The third kappa shape index (κ3) is 30.4. The van der Waals surface area contributed by atoms with E-state index in [9.17, 15) is 68.9 Å². The molecule has 494 valence electrons. The Balaban J connectivity index is 3.52. The third-order valence-corrected chi connectivity index (χ3v) is 16.0. The van der Waals surface area contributed by atoms with Gasteiger partial charge in [0.1, 0.15) is 49.1 Å². The number of carbonyl (C=O) groups is 7. The number of amides is 4. The number of carboxylic acids is 1. The summed E-state index contributed by atoms with van der Waals surface area (Å²) >= 11 is 0. The van der Waals surface area contributed by atoms with Gasteiger partial charge in [-0.05, 0) is 40.0 Å². The molecule has 1 heterocycles. The van der Waals surface area contributed by atoms with Gasteiger partial charge < -0.3 is 71.4 Å². The van der Waals surface area contributed by atoms with E-state index in [2.05, 4.69) is 29.8 Å². The van der Waals surface area contributed by atoms with Crippen LogP contribution in [0.5, 0.6) is 0 Å². The molecule has 0 radical (unpaired) electrons. The number of aliphatic hydroxyl groups is 5. The van der Waals surface area contributed by atoms with Crippen LogP contribution in [-0.4, -0.2) is 187 Å². The molecule has 1 aliphatic rings. The topological polar surface area (TPSA) is 406 Å². The van der Waals surface area contributed by atoms with Crippen molar-refractivity contribution in [2.75, 3.05) is 32.9 Å². The number of ether oxygens (including phenoxy) is 3. The average Bonchev–Trinajstić information content (AvgIpc) is 3.51. The first kappa shape index (κ1) is 79.3. The Morgan fingerprint density at radius 3 is 1.68 bits per heavy atom. The summed E-state index contributed by atoms with van der Waals surface area (Å²) in [5.41, 5.74) is 6.51. The van der Waals surface area contributed by atoms with Crippen LogP contribution in [0.1, 0.15) is 228 Å². The number of nitrogens with zero attached hydrogens (tertiary/aromatic N) is 1. The predicted molar refractivity (Wildman–Crippen MR) is 318 cm³/mol. The van der Waals surface area contributed by atoms with Crippen LogP contribution in [0, 0.1) is 0 Å². The zero-order chi connectivity index (χ0) is 64.0. The smallest absolute Gasteiger partial charge is 0.480 e. The number of carbonyl (C=O) groups excluding carboxylic acids is 6. The van der Waals surface area contributed by atoms with Gasteiger partial charge in [-0.15, -0.1) is 9.42 Å². The number of hydrogen-bond acceptors (Lipinski definition) is 19. The van der Waals surface area contributed by atoms with Gasteiger partial charge in [-0.3, -0.25) is 34.5 Å². The molecule has 25 nitrogen and oxygen atoms in total. The van der Waals surface area contributed by atoms with Crippen LogP contribution < -0.4 is 27.4 Å². The lowest BCUT2D eigenvalue weighted by Crippen LogP contribution is -2.70. The van der Waals surface area contributed by atoms with Gasteiger partial charge in [0.2, 0.25) is 23.3 Å². The minimum absolute atomic E-state index is 0.0624. The van der Waals surface area contributed by atoms with E-state index in [0.717, 1.165) is 83.0 Å². The fourth-order valence-electron chi connectivity index (χ4n) is 10.6. The fourth-order valence-corrected chi connectivity index (χ4v) is 10.9. The number of carboxylic acid groups (broad SMARTS) is 1. The van der Waals surface area contributed by atoms with Crippen molar-refractivity contribution in [1.29, 1.82) is 0 Å². The summed E-state index contributed by atoms with van der Waals surface area (Å²) < 4.78 is 33.6. The molecule has 13 atom stereocenters. The number of aliphatic carboxylic acids is 1. The summed E-state index contributed by atoms with van der Waals surface area (Å²) in [6.45, 7) is 6.08. The van der Waals surface area contributed by atoms with E-state index in [0.29, 0.717) is 19.3 Å². The van der Waals surface area contributed by atoms with Crippen molar-refractivity contribution < 1.29 is 92.4 Å². The van der Waals surface area contributed by atoms with Crippen LogP contribution in [-0.2, 0) is 56.9 Å². The molecule has 0 aromatic rings. The molecule has 85 heavy (non-hydrogen) atoms. The summed E-state index contributed by atoms with van der Waals surface area (Å²) in [4.78, 5) is 106. The molecular weight excluding hydrogens is 1130 g/mol. The molecule has 0 spiro atoms. The van der Waals surface area contributed by atoms with E-state index in [1.165, 1.54) is 84.5 Å². The minimum Gasteiger partial charge on any atom is -0.480 e. The molecule has 0 bridgehead atoms. The van der Waals surface area contributed by atoms with E-state index < -0.39 is 154 Å². The van der Waals surface area contributed by atoms with Gasteiger partial charge >= 0.3 is 14.2 Å². The Morgan fingerprint density at radius 2 is 1.24 bits per heavy atom. The Labute approximate surface area is 505 Å². The maximum atomic E-state index is 15.2. The molecule has 26 heteroatoms. The van der Waals surface area contributed by atoms with Crippen LogP contribution in [0.4, 0.5) is 0 Å². The van der Waals surface area contributed by atoms with E-state index in [1.54, 1.807) is 0 Å². The van der Waals surface area contributed by atoms with Gasteiger partial charge in [-0.25, -0.2) is 4.79 Å². The van der Waals surface area contributed by atoms with E-state index in [4.69, 9.17) is 30.2 Å². The number of unbranched alkanes of at least 4 members (excludes halogenated alkanes) is 23. The van der Waals surface area contributed by atoms with Gasteiger partial charge in [0.25, 0.3) is 5.91 Å². The van der Waals surface area contributed by atoms with Gasteiger partial charge in [0, 0.05) is 37.4 Å². The summed E-state index contributed by atoms with van der Waals surface area (Å²) in [5.74, 6) is -7.61. The lowest BCUT2D eigenvalue weighted by Gasteiger charge is -2.43. The maximum absolute atomic E-state index is 15.2. The fraction of sp³-hybridized carbons (Fsp3) is 0.881. The summed E-state index contributed by atoms with van der Waals surface area (Å²) in [6.07, 6.45) is 14.1. The first-order chi connectivity index (χ1) is 40.4. The Bertz CT molecular complexity index is 1960. The lowest BCUT2D eigenvalue weighted by molar-refractivity contribution is -0.268. The lowest BCUT2D eigenvalue weighted by atomic mass is 9.79.